The lowest BCUT2D eigenvalue weighted by Crippen LogP contribution is -2.32. The second-order valence-electron chi connectivity index (χ2n) is 7.02. The number of hydrogen-bond acceptors (Lipinski definition) is 5. The molecule has 2 aromatic rings. The normalized spacial score (nSPS) is 15.7. The number of hydrogen-bond donors (Lipinski definition) is 1. The third kappa shape index (κ3) is 5.23. The quantitative estimate of drug-likeness (QED) is 0.772. The van der Waals surface area contributed by atoms with Crippen molar-refractivity contribution < 1.29 is 13.2 Å². The summed E-state index contributed by atoms with van der Waals surface area (Å²) < 4.78 is 28.7. The van der Waals surface area contributed by atoms with E-state index in [0.717, 1.165) is 30.4 Å². The van der Waals surface area contributed by atoms with Crippen LogP contribution in [0.1, 0.15) is 31.2 Å². The number of nitrogens with one attached hydrogen (secondary N) is 1. The molecule has 1 aromatic heterocycles. The molecule has 156 valence electrons. The van der Waals surface area contributed by atoms with Gasteiger partial charge in [-0.2, -0.15) is 9.40 Å². The summed E-state index contributed by atoms with van der Waals surface area (Å²) >= 11 is 5.70. The van der Waals surface area contributed by atoms with Crippen LogP contribution in [0.4, 0.5) is 5.69 Å². The first-order chi connectivity index (χ1) is 13.8. The smallest absolute Gasteiger partial charge is 0.268 e. The van der Waals surface area contributed by atoms with E-state index in [1.807, 2.05) is 0 Å². The van der Waals surface area contributed by atoms with E-state index in [1.165, 1.54) is 22.6 Å². The highest BCUT2D eigenvalue weighted by Crippen LogP contribution is 2.25. The highest BCUT2D eigenvalue weighted by molar-refractivity contribution is 7.89. The molecule has 3 rings (SSSR count). The average Bonchev–Trinajstić information content (AvgIpc) is 2.95. The van der Waals surface area contributed by atoms with Crippen molar-refractivity contribution in [3.8, 4) is 0 Å². The number of aromatic nitrogens is 2. The van der Waals surface area contributed by atoms with Crippen LogP contribution in [-0.2, 0) is 21.4 Å². The Morgan fingerprint density at radius 2 is 1.86 bits per heavy atom. The van der Waals surface area contributed by atoms with Crippen molar-refractivity contribution in [1.29, 1.82) is 0 Å². The number of aryl methyl sites for hydroxylation is 1. The minimum absolute atomic E-state index is 0.180. The first-order valence-electron chi connectivity index (χ1n) is 9.41. The molecule has 0 bridgehead atoms. The van der Waals surface area contributed by atoms with Gasteiger partial charge in [0.05, 0.1) is 16.1 Å². The molecule has 1 saturated heterocycles. The summed E-state index contributed by atoms with van der Waals surface area (Å²) in [5, 5.41) is 6.63. The number of carbonyl (C=O) groups is 1. The zero-order chi connectivity index (χ0) is 21.0. The zero-order valence-electron chi connectivity index (χ0n) is 16.1. The average molecular weight is 439 g/mol. The van der Waals surface area contributed by atoms with Gasteiger partial charge in [-0.05, 0) is 37.5 Å². The summed E-state index contributed by atoms with van der Waals surface area (Å²) in [5.74, 6) is -0.496. The molecule has 8 nitrogen and oxygen atoms in total. The second-order valence-corrected chi connectivity index (χ2v) is 9.36. The SMILES string of the molecule is Cc1ccc(NC(=O)Cn2ncc(Cl)cc2=O)cc1S(=O)(=O)N1CCCCCC1. The van der Waals surface area contributed by atoms with Crippen molar-refractivity contribution >= 4 is 33.2 Å². The van der Waals surface area contributed by atoms with Gasteiger partial charge in [-0.3, -0.25) is 9.59 Å². The Hall–Kier alpha value is -2.23. The van der Waals surface area contributed by atoms with E-state index in [9.17, 15) is 18.0 Å². The van der Waals surface area contributed by atoms with E-state index in [4.69, 9.17) is 11.6 Å². The van der Waals surface area contributed by atoms with Crippen LogP contribution in [0.2, 0.25) is 5.02 Å². The fraction of sp³-hybridized carbons (Fsp3) is 0.421. The Morgan fingerprint density at radius 1 is 1.17 bits per heavy atom. The van der Waals surface area contributed by atoms with Crippen LogP contribution in [0.5, 0.6) is 0 Å². The summed E-state index contributed by atoms with van der Waals surface area (Å²) in [5.41, 5.74) is 0.458. The number of sulfonamides is 1. The predicted octanol–water partition coefficient (Wildman–Crippen LogP) is 2.41. The van der Waals surface area contributed by atoms with E-state index in [-0.39, 0.29) is 16.5 Å². The van der Waals surface area contributed by atoms with Crippen LogP contribution < -0.4 is 10.9 Å². The first-order valence-corrected chi connectivity index (χ1v) is 11.2. The van der Waals surface area contributed by atoms with E-state index in [2.05, 4.69) is 10.4 Å². The molecule has 0 unspecified atom stereocenters. The molecule has 0 saturated carbocycles. The van der Waals surface area contributed by atoms with Crippen LogP contribution in [0.15, 0.2) is 40.2 Å². The summed E-state index contributed by atoms with van der Waals surface area (Å²) in [6.45, 7) is 2.43. The molecule has 0 aliphatic carbocycles. The molecule has 1 N–H and O–H groups in total. The molecular weight excluding hydrogens is 416 g/mol. The first kappa shape index (κ1) is 21.5. The number of rotatable bonds is 5. The van der Waals surface area contributed by atoms with Crippen LogP contribution in [-0.4, -0.2) is 41.5 Å². The van der Waals surface area contributed by atoms with E-state index < -0.39 is 21.5 Å². The van der Waals surface area contributed by atoms with Crippen molar-refractivity contribution in [1.82, 2.24) is 14.1 Å². The number of carbonyl (C=O) groups excluding carboxylic acids is 1. The number of amides is 1. The third-order valence-electron chi connectivity index (χ3n) is 4.78. The maximum Gasteiger partial charge on any atom is 0.268 e. The van der Waals surface area contributed by atoms with Crippen LogP contribution in [0.3, 0.4) is 0 Å². The lowest BCUT2D eigenvalue weighted by atomic mass is 10.2. The highest BCUT2D eigenvalue weighted by atomic mass is 35.5. The maximum atomic E-state index is 13.1. The molecule has 1 fully saturated rings. The van der Waals surface area contributed by atoms with Gasteiger partial charge < -0.3 is 5.32 Å². The summed E-state index contributed by atoms with van der Waals surface area (Å²) in [7, 11) is -3.64. The minimum atomic E-state index is -3.64. The van der Waals surface area contributed by atoms with Gasteiger partial charge in [0.25, 0.3) is 5.56 Å². The van der Waals surface area contributed by atoms with Gasteiger partial charge in [-0.15, -0.1) is 0 Å². The van der Waals surface area contributed by atoms with Crippen molar-refractivity contribution in [3.05, 3.63) is 51.4 Å². The number of benzene rings is 1. The maximum absolute atomic E-state index is 13.1. The van der Waals surface area contributed by atoms with Gasteiger partial charge in [0, 0.05) is 24.8 Å². The van der Waals surface area contributed by atoms with E-state index >= 15 is 0 Å². The topological polar surface area (TPSA) is 101 Å². The molecule has 0 atom stereocenters. The second kappa shape index (κ2) is 9.06. The fourth-order valence-corrected chi connectivity index (χ4v) is 5.15. The Morgan fingerprint density at radius 3 is 2.52 bits per heavy atom. The van der Waals surface area contributed by atoms with Gasteiger partial charge in [0.15, 0.2) is 0 Å². The van der Waals surface area contributed by atoms with E-state index in [1.54, 1.807) is 19.1 Å². The molecule has 1 aliphatic heterocycles. The van der Waals surface area contributed by atoms with Crippen LogP contribution in [0, 0.1) is 6.92 Å². The Balaban J connectivity index is 1.79. The standard InChI is InChI=1S/C19H23ClN4O4S/c1-14-6-7-16(22-18(25)13-24-19(26)10-15(20)12-21-24)11-17(14)29(27,28)23-8-4-2-3-5-9-23/h6-7,10-12H,2-5,8-9,13H2,1H3,(H,22,25). The lowest BCUT2D eigenvalue weighted by molar-refractivity contribution is -0.117. The molecule has 29 heavy (non-hydrogen) atoms. The summed E-state index contributed by atoms with van der Waals surface area (Å²) in [6.07, 6.45) is 5.02. The number of anilines is 1. The Bertz CT molecular complexity index is 1060. The molecular formula is C19H23ClN4O4S. The van der Waals surface area contributed by atoms with Crippen molar-refractivity contribution in [2.24, 2.45) is 0 Å². The van der Waals surface area contributed by atoms with E-state index in [0.29, 0.717) is 24.3 Å². The summed E-state index contributed by atoms with van der Waals surface area (Å²) in [6, 6.07) is 5.92. The Labute approximate surface area is 174 Å². The monoisotopic (exact) mass is 438 g/mol. The molecule has 0 radical (unpaired) electrons. The lowest BCUT2D eigenvalue weighted by Gasteiger charge is -2.21. The largest absolute Gasteiger partial charge is 0.324 e. The van der Waals surface area contributed by atoms with Crippen molar-refractivity contribution in [2.45, 2.75) is 44.0 Å². The Kier molecular flexibility index (Phi) is 6.71. The highest BCUT2D eigenvalue weighted by Gasteiger charge is 2.27. The molecule has 2 heterocycles. The zero-order valence-corrected chi connectivity index (χ0v) is 17.7. The number of halogens is 1. The molecule has 0 spiro atoms. The van der Waals surface area contributed by atoms with Gasteiger partial charge in [-0.25, -0.2) is 13.1 Å². The van der Waals surface area contributed by atoms with Gasteiger partial charge >= 0.3 is 0 Å². The van der Waals surface area contributed by atoms with Crippen molar-refractivity contribution in [2.75, 3.05) is 18.4 Å². The molecule has 10 heteroatoms. The van der Waals surface area contributed by atoms with Gasteiger partial charge in [-0.1, -0.05) is 30.5 Å². The third-order valence-corrected chi connectivity index (χ3v) is 7.03. The van der Waals surface area contributed by atoms with Gasteiger partial charge in [0.2, 0.25) is 15.9 Å². The molecule has 1 amide bonds. The van der Waals surface area contributed by atoms with Crippen molar-refractivity contribution in [3.63, 3.8) is 0 Å². The summed E-state index contributed by atoms with van der Waals surface area (Å²) in [4.78, 5) is 24.3. The predicted molar refractivity (Wildman–Crippen MR) is 111 cm³/mol. The number of nitrogens with zero attached hydrogens (tertiary/aromatic N) is 3. The fourth-order valence-electron chi connectivity index (χ4n) is 3.24. The molecule has 1 aromatic carbocycles. The van der Waals surface area contributed by atoms with Crippen LogP contribution in [0.25, 0.3) is 0 Å². The van der Waals surface area contributed by atoms with Crippen LogP contribution >= 0.6 is 11.6 Å². The molecule has 1 aliphatic rings. The minimum Gasteiger partial charge on any atom is -0.324 e. The van der Waals surface area contributed by atoms with Gasteiger partial charge in [0.1, 0.15) is 6.54 Å².